The molecular weight excluding hydrogens is 430 g/mol. The maximum atomic E-state index is 14.5. The van der Waals surface area contributed by atoms with Gasteiger partial charge in [0.05, 0.1) is 18.3 Å². The number of benzene rings is 1. The molecule has 0 saturated carbocycles. The van der Waals surface area contributed by atoms with Gasteiger partial charge in [-0.3, -0.25) is 4.99 Å². The Kier molecular flexibility index (Phi) is 7.35. The second-order valence-electron chi connectivity index (χ2n) is 7.98. The van der Waals surface area contributed by atoms with Gasteiger partial charge in [-0.1, -0.05) is 6.08 Å². The fraction of sp³-hybridized carbons (Fsp3) is 0.455. The number of alkyl halides is 3. The summed E-state index contributed by atoms with van der Waals surface area (Å²) in [5.41, 5.74) is -0.503. The van der Waals surface area contributed by atoms with E-state index in [0.29, 0.717) is 13.0 Å². The molecular formula is C22H25F4N3O3. The number of urea groups is 1. The van der Waals surface area contributed by atoms with E-state index in [0.717, 1.165) is 6.07 Å². The lowest BCUT2D eigenvalue weighted by atomic mass is 9.89. The summed E-state index contributed by atoms with van der Waals surface area (Å²) in [7, 11) is 0. The lowest BCUT2D eigenvalue weighted by Gasteiger charge is -2.30. The SMILES string of the molecule is Cc1cc(NC(=O)N2C=CC(C3N=CC(C[C@@H](O)CO)C=C3F)CC2)ccc1C(F)(F)F. The number of hydrogen-bond donors (Lipinski definition) is 3. The lowest BCUT2D eigenvalue weighted by molar-refractivity contribution is -0.138. The van der Waals surface area contributed by atoms with Crippen LogP contribution in [0, 0.1) is 18.8 Å². The number of aliphatic hydroxyl groups is 2. The van der Waals surface area contributed by atoms with E-state index >= 15 is 0 Å². The van der Waals surface area contributed by atoms with Crippen LogP contribution in [0.3, 0.4) is 0 Å². The summed E-state index contributed by atoms with van der Waals surface area (Å²) in [6.07, 6.45) is 1.37. The molecule has 174 valence electrons. The quantitative estimate of drug-likeness (QED) is 0.586. The molecule has 2 amide bonds. The highest BCUT2D eigenvalue weighted by atomic mass is 19.4. The van der Waals surface area contributed by atoms with Crippen LogP contribution < -0.4 is 5.32 Å². The molecule has 4 atom stereocenters. The molecule has 2 aliphatic rings. The van der Waals surface area contributed by atoms with E-state index in [2.05, 4.69) is 10.3 Å². The number of aryl methyl sites for hydroxylation is 1. The minimum absolute atomic E-state index is 0.00628. The molecule has 0 radical (unpaired) electrons. The standard InChI is InChI=1S/C22H25F4N3O3/c1-13-8-16(2-3-18(13)22(24,25)26)28-21(32)29-6-4-15(5-7-29)20-19(23)10-14(11-27-20)9-17(31)12-30/h2-4,6,8,10-11,14-15,17,20,30-31H,5,7,9,12H2,1H3,(H,28,32)/t14?,15?,17-,20?/m1/s1. The number of carbonyl (C=O) groups is 1. The number of hydrogen-bond acceptors (Lipinski definition) is 4. The molecule has 1 aromatic rings. The fourth-order valence-electron chi connectivity index (χ4n) is 3.81. The van der Waals surface area contributed by atoms with Crippen LogP contribution in [0.1, 0.15) is 24.0 Å². The molecule has 0 aliphatic carbocycles. The second-order valence-corrected chi connectivity index (χ2v) is 7.98. The highest BCUT2D eigenvalue weighted by Crippen LogP contribution is 2.33. The van der Waals surface area contributed by atoms with E-state index in [1.807, 2.05) is 0 Å². The number of dihydropyridines is 1. The average Bonchev–Trinajstić information content (AvgIpc) is 2.73. The van der Waals surface area contributed by atoms with E-state index in [-0.39, 0.29) is 23.6 Å². The Labute approximate surface area is 182 Å². The van der Waals surface area contributed by atoms with Crippen molar-refractivity contribution in [2.45, 2.75) is 38.1 Å². The molecule has 0 bridgehead atoms. The van der Waals surface area contributed by atoms with Crippen molar-refractivity contribution >= 4 is 17.9 Å². The van der Waals surface area contributed by atoms with Crippen LogP contribution in [0.5, 0.6) is 0 Å². The summed E-state index contributed by atoms with van der Waals surface area (Å²) in [6, 6.07) is 2.18. The van der Waals surface area contributed by atoms with Crippen LogP contribution in [0.15, 0.2) is 47.4 Å². The minimum atomic E-state index is -4.46. The zero-order valence-electron chi connectivity index (χ0n) is 17.4. The number of amides is 2. The minimum Gasteiger partial charge on any atom is -0.394 e. The van der Waals surface area contributed by atoms with Gasteiger partial charge in [0, 0.05) is 36.5 Å². The van der Waals surface area contributed by atoms with Crippen molar-refractivity contribution in [2.75, 3.05) is 18.5 Å². The first kappa shape index (κ1) is 23.9. The number of nitrogens with one attached hydrogen (secondary N) is 1. The Morgan fingerprint density at radius 3 is 2.69 bits per heavy atom. The van der Waals surface area contributed by atoms with Crippen LogP contribution >= 0.6 is 0 Å². The van der Waals surface area contributed by atoms with Crippen molar-refractivity contribution in [1.29, 1.82) is 0 Å². The number of allylic oxidation sites excluding steroid dienone is 1. The summed E-state index contributed by atoms with van der Waals surface area (Å²) in [4.78, 5) is 18.1. The lowest BCUT2D eigenvalue weighted by Crippen LogP contribution is -2.37. The van der Waals surface area contributed by atoms with Crippen molar-refractivity contribution in [1.82, 2.24) is 4.90 Å². The van der Waals surface area contributed by atoms with Gasteiger partial charge >= 0.3 is 12.2 Å². The third kappa shape index (κ3) is 5.74. The van der Waals surface area contributed by atoms with Crippen LogP contribution in [0.2, 0.25) is 0 Å². The van der Waals surface area contributed by atoms with Crippen molar-refractivity contribution in [2.24, 2.45) is 16.8 Å². The smallest absolute Gasteiger partial charge is 0.394 e. The van der Waals surface area contributed by atoms with Crippen molar-refractivity contribution in [3.05, 3.63) is 53.5 Å². The number of aliphatic hydroxyl groups excluding tert-OH is 2. The first-order chi connectivity index (χ1) is 15.1. The summed E-state index contributed by atoms with van der Waals surface area (Å²) >= 11 is 0. The Balaban J connectivity index is 1.59. The zero-order valence-corrected chi connectivity index (χ0v) is 17.4. The third-order valence-corrected chi connectivity index (χ3v) is 5.52. The topological polar surface area (TPSA) is 85.2 Å². The molecule has 2 heterocycles. The predicted octanol–water partition coefficient (Wildman–Crippen LogP) is 4.05. The van der Waals surface area contributed by atoms with E-state index in [9.17, 15) is 27.5 Å². The molecule has 3 unspecified atom stereocenters. The Morgan fingerprint density at radius 1 is 1.38 bits per heavy atom. The van der Waals surface area contributed by atoms with Crippen LogP contribution in [-0.2, 0) is 6.18 Å². The third-order valence-electron chi connectivity index (χ3n) is 5.52. The van der Waals surface area contributed by atoms with Crippen molar-refractivity contribution < 1.29 is 32.6 Å². The summed E-state index contributed by atoms with van der Waals surface area (Å²) in [5, 5.41) is 21.0. The number of anilines is 1. The van der Waals surface area contributed by atoms with Gasteiger partial charge in [-0.2, -0.15) is 13.2 Å². The molecule has 0 saturated heterocycles. The number of halogens is 4. The van der Waals surface area contributed by atoms with Gasteiger partial charge in [0.25, 0.3) is 0 Å². The van der Waals surface area contributed by atoms with Gasteiger partial charge in [-0.05, 0) is 49.6 Å². The molecule has 0 aromatic heterocycles. The van der Waals surface area contributed by atoms with Crippen LogP contribution in [0.4, 0.5) is 28.0 Å². The zero-order chi connectivity index (χ0) is 23.5. The molecule has 32 heavy (non-hydrogen) atoms. The predicted molar refractivity (Wildman–Crippen MR) is 112 cm³/mol. The molecule has 1 aromatic carbocycles. The van der Waals surface area contributed by atoms with E-state index in [1.165, 1.54) is 36.2 Å². The highest BCUT2D eigenvalue weighted by molar-refractivity contribution is 5.90. The van der Waals surface area contributed by atoms with Gasteiger partial charge in [0.1, 0.15) is 11.9 Å². The largest absolute Gasteiger partial charge is 0.416 e. The van der Waals surface area contributed by atoms with E-state index in [4.69, 9.17) is 5.11 Å². The monoisotopic (exact) mass is 455 g/mol. The molecule has 3 N–H and O–H groups in total. The first-order valence-electron chi connectivity index (χ1n) is 10.2. The van der Waals surface area contributed by atoms with Crippen molar-refractivity contribution in [3.8, 4) is 0 Å². The number of aliphatic imine (C=N–C) groups is 1. The van der Waals surface area contributed by atoms with Gasteiger partial charge < -0.3 is 20.4 Å². The van der Waals surface area contributed by atoms with Crippen LogP contribution in [-0.4, -0.2) is 52.7 Å². The molecule has 0 fully saturated rings. The molecule has 10 heteroatoms. The van der Waals surface area contributed by atoms with E-state index < -0.39 is 48.3 Å². The summed E-state index contributed by atoms with van der Waals surface area (Å²) in [6.45, 7) is 1.21. The maximum Gasteiger partial charge on any atom is 0.416 e. The molecule has 0 spiro atoms. The number of carbonyl (C=O) groups excluding carboxylic acids is 1. The second kappa shape index (κ2) is 9.83. The summed E-state index contributed by atoms with van der Waals surface area (Å²) in [5.74, 6) is -1.07. The Hall–Kier alpha value is -2.72. The first-order valence-corrected chi connectivity index (χ1v) is 10.2. The normalized spacial score (nSPS) is 24.3. The van der Waals surface area contributed by atoms with Gasteiger partial charge in [0.15, 0.2) is 0 Å². The van der Waals surface area contributed by atoms with Crippen molar-refractivity contribution in [3.63, 3.8) is 0 Å². The summed E-state index contributed by atoms with van der Waals surface area (Å²) < 4.78 is 53.2. The Morgan fingerprint density at radius 2 is 2.12 bits per heavy atom. The molecule has 6 nitrogen and oxygen atoms in total. The highest BCUT2D eigenvalue weighted by Gasteiger charge is 2.33. The molecule has 2 aliphatic heterocycles. The Bertz CT molecular complexity index is 929. The van der Waals surface area contributed by atoms with Gasteiger partial charge in [-0.25, -0.2) is 9.18 Å². The van der Waals surface area contributed by atoms with Crippen LogP contribution in [0.25, 0.3) is 0 Å². The average molecular weight is 455 g/mol. The van der Waals surface area contributed by atoms with Gasteiger partial charge in [0.2, 0.25) is 0 Å². The number of nitrogens with zero attached hydrogens (tertiary/aromatic N) is 2. The van der Waals surface area contributed by atoms with E-state index in [1.54, 1.807) is 12.3 Å². The van der Waals surface area contributed by atoms with Gasteiger partial charge in [-0.15, -0.1) is 0 Å². The maximum absolute atomic E-state index is 14.5. The fourth-order valence-corrected chi connectivity index (χ4v) is 3.81. The number of rotatable bonds is 5. The molecule has 3 rings (SSSR count).